The van der Waals surface area contributed by atoms with E-state index in [0.717, 1.165) is 31.6 Å². The number of aromatic nitrogens is 1. The average molecular weight is 280 g/mol. The summed E-state index contributed by atoms with van der Waals surface area (Å²) in [6.07, 6.45) is 4.92. The number of benzene rings is 1. The van der Waals surface area contributed by atoms with E-state index < -0.39 is 0 Å². The summed E-state index contributed by atoms with van der Waals surface area (Å²) in [5, 5.41) is 0. The Morgan fingerprint density at radius 1 is 1.29 bits per heavy atom. The third kappa shape index (κ3) is 3.31. The third-order valence-corrected chi connectivity index (χ3v) is 3.93. The average Bonchev–Trinajstić information content (AvgIpc) is 2.49. The Kier molecular flexibility index (Phi) is 4.02. The molecule has 0 saturated heterocycles. The van der Waals surface area contributed by atoms with Gasteiger partial charge in [0, 0.05) is 31.4 Å². The molecule has 3 nitrogen and oxygen atoms in total. The standard InChI is InChI=1S/C18H20N2O/c1-14(11-15-5-3-2-4-6-15)12-20-10-8-16-7-9-19-18(21)17(16)13-20/h2-7,9,11H,8,10,12-13H2,1H3,(H,19,21)/b14-11+. The lowest BCUT2D eigenvalue weighted by molar-refractivity contribution is 0.274. The van der Waals surface area contributed by atoms with Gasteiger partial charge in [-0.25, -0.2) is 0 Å². The van der Waals surface area contributed by atoms with E-state index in [0.29, 0.717) is 0 Å². The molecule has 108 valence electrons. The van der Waals surface area contributed by atoms with Crippen LogP contribution in [0.2, 0.25) is 0 Å². The second-order valence-electron chi connectivity index (χ2n) is 5.67. The minimum Gasteiger partial charge on any atom is -0.329 e. The van der Waals surface area contributed by atoms with Gasteiger partial charge in [0.2, 0.25) is 0 Å². The van der Waals surface area contributed by atoms with Gasteiger partial charge in [0.15, 0.2) is 0 Å². The summed E-state index contributed by atoms with van der Waals surface area (Å²) in [6, 6.07) is 12.4. The first-order valence-electron chi connectivity index (χ1n) is 7.36. The molecule has 1 aliphatic heterocycles. The molecule has 2 aromatic rings. The van der Waals surface area contributed by atoms with Crippen LogP contribution in [0.4, 0.5) is 0 Å². The van der Waals surface area contributed by atoms with Gasteiger partial charge in [0.25, 0.3) is 5.56 Å². The molecule has 0 unspecified atom stereocenters. The number of nitrogens with zero attached hydrogens (tertiary/aromatic N) is 1. The Balaban J connectivity index is 1.71. The van der Waals surface area contributed by atoms with Gasteiger partial charge in [-0.05, 0) is 30.5 Å². The first-order chi connectivity index (χ1) is 10.2. The fraction of sp³-hybridized carbons (Fsp3) is 0.278. The summed E-state index contributed by atoms with van der Waals surface area (Å²) in [4.78, 5) is 17.0. The summed E-state index contributed by atoms with van der Waals surface area (Å²) >= 11 is 0. The first kappa shape index (κ1) is 13.8. The zero-order valence-corrected chi connectivity index (χ0v) is 12.3. The van der Waals surface area contributed by atoms with Crippen LogP contribution >= 0.6 is 0 Å². The largest absolute Gasteiger partial charge is 0.329 e. The number of aromatic amines is 1. The molecular weight excluding hydrogens is 260 g/mol. The highest BCUT2D eigenvalue weighted by Crippen LogP contribution is 2.16. The van der Waals surface area contributed by atoms with Gasteiger partial charge in [-0.1, -0.05) is 42.0 Å². The molecule has 0 saturated carbocycles. The Morgan fingerprint density at radius 3 is 2.90 bits per heavy atom. The van der Waals surface area contributed by atoms with Crippen molar-refractivity contribution in [1.82, 2.24) is 9.88 Å². The quantitative estimate of drug-likeness (QED) is 0.938. The van der Waals surface area contributed by atoms with Crippen LogP contribution in [-0.2, 0) is 13.0 Å². The molecule has 1 aromatic carbocycles. The summed E-state index contributed by atoms with van der Waals surface area (Å²) < 4.78 is 0. The smallest absolute Gasteiger partial charge is 0.252 e. The predicted octanol–water partition coefficient (Wildman–Crippen LogP) is 2.84. The topological polar surface area (TPSA) is 36.1 Å². The molecule has 3 heteroatoms. The van der Waals surface area contributed by atoms with E-state index in [-0.39, 0.29) is 5.56 Å². The van der Waals surface area contributed by atoms with E-state index in [9.17, 15) is 4.79 Å². The molecular formula is C18H20N2O. The summed E-state index contributed by atoms with van der Waals surface area (Å²) in [5.41, 5.74) is 4.72. The van der Waals surface area contributed by atoms with E-state index >= 15 is 0 Å². The highest BCUT2D eigenvalue weighted by atomic mass is 16.1. The Hall–Kier alpha value is -2.13. The zero-order chi connectivity index (χ0) is 14.7. The van der Waals surface area contributed by atoms with Gasteiger partial charge in [-0.2, -0.15) is 0 Å². The predicted molar refractivity (Wildman–Crippen MR) is 86.1 cm³/mol. The molecule has 2 heterocycles. The third-order valence-electron chi connectivity index (χ3n) is 3.93. The van der Waals surface area contributed by atoms with Crippen molar-refractivity contribution in [2.24, 2.45) is 0 Å². The second kappa shape index (κ2) is 6.10. The maximum Gasteiger partial charge on any atom is 0.252 e. The minimum atomic E-state index is 0.0573. The van der Waals surface area contributed by atoms with Crippen molar-refractivity contribution in [3.8, 4) is 0 Å². The van der Waals surface area contributed by atoms with Gasteiger partial charge in [0.1, 0.15) is 0 Å². The molecule has 1 aromatic heterocycles. The lowest BCUT2D eigenvalue weighted by Gasteiger charge is -2.28. The van der Waals surface area contributed by atoms with Gasteiger partial charge in [-0.3, -0.25) is 9.69 Å². The lowest BCUT2D eigenvalue weighted by atomic mass is 10.0. The molecule has 3 rings (SSSR count). The van der Waals surface area contributed by atoms with Gasteiger partial charge < -0.3 is 4.98 Å². The summed E-state index contributed by atoms with van der Waals surface area (Å²) in [6.45, 7) is 4.81. The lowest BCUT2D eigenvalue weighted by Crippen LogP contribution is -2.35. The highest BCUT2D eigenvalue weighted by Gasteiger charge is 2.18. The van der Waals surface area contributed by atoms with Gasteiger partial charge in [-0.15, -0.1) is 0 Å². The van der Waals surface area contributed by atoms with E-state index in [4.69, 9.17) is 0 Å². The van der Waals surface area contributed by atoms with Crippen LogP contribution < -0.4 is 5.56 Å². The van der Waals surface area contributed by atoms with Crippen LogP contribution in [0.25, 0.3) is 6.08 Å². The van der Waals surface area contributed by atoms with Crippen molar-refractivity contribution in [1.29, 1.82) is 0 Å². The van der Waals surface area contributed by atoms with Gasteiger partial charge >= 0.3 is 0 Å². The molecule has 1 N–H and O–H groups in total. The second-order valence-corrected chi connectivity index (χ2v) is 5.67. The van der Waals surface area contributed by atoms with Gasteiger partial charge in [0.05, 0.1) is 0 Å². The fourth-order valence-corrected chi connectivity index (χ4v) is 2.91. The molecule has 0 amide bonds. The first-order valence-corrected chi connectivity index (χ1v) is 7.36. The van der Waals surface area contributed by atoms with Crippen LogP contribution in [0.3, 0.4) is 0 Å². The maximum absolute atomic E-state index is 11.9. The van der Waals surface area contributed by atoms with E-state index in [1.165, 1.54) is 16.7 Å². The fourth-order valence-electron chi connectivity index (χ4n) is 2.91. The molecule has 0 atom stereocenters. The molecule has 0 radical (unpaired) electrons. The van der Waals surface area contributed by atoms with Crippen LogP contribution in [0.5, 0.6) is 0 Å². The SMILES string of the molecule is C/C(=C\c1ccccc1)CN1CCc2cc[nH]c(=O)c2C1. The number of hydrogen-bond donors (Lipinski definition) is 1. The Labute approximate surface area is 124 Å². The molecule has 21 heavy (non-hydrogen) atoms. The maximum atomic E-state index is 11.9. The Bertz CT molecular complexity index is 701. The molecule has 0 aliphatic carbocycles. The number of hydrogen-bond acceptors (Lipinski definition) is 2. The van der Waals surface area contributed by atoms with Crippen LogP contribution in [0.15, 0.2) is 53.0 Å². The summed E-state index contributed by atoms with van der Waals surface area (Å²) in [5.74, 6) is 0. The Morgan fingerprint density at radius 2 is 2.10 bits per heavy atom. The summed E-state index contributed by atoms with van der Waals surface area (Å²) in [7, 11) is 0. The number of H-pyrrole nitrogens is 1. The number of nitrogens with one attached hydrogen (secondary N) is 1. The normalized spacial score (nSPS) is 15.8. The van der Waals surface area contributed by atoms with Crippen molar-refractivity contribution in [2.45, 2.75) is 19.9 Å². The zero-order valence-electron chi connectivity index (χ0n) is 12.3. The monoisotopic (exact) mass is 280 g/mol. The number of rotatable bonds is 3. The van der Waals surface area contributed by atoms with E-state index in [1.54, 1.807) is 6.20 Å². The molecule has 0 spiro atoms. The molecule has 0 fully saturated rings. The van der Waals surface area contributed by atoms with Crippen molar-refractivity contribution < 1.29 is 0 Å². The van der Waals surface area contributed by atoms with Crippen LogP contribution in [-0.4, -0.2) is 23.0 Å². The van der Waals surface area contributed by atoms with Crippen molar-refractivity contribution in [2.75, 3.05) is 13.1 Å². The van der Waals surface area contributed by atoms with Crippen LogP contribution in [0, 0.1) is 0 Å². The van der Waals surface area contributed by atoms with Crippen LogP contribution in [0.1, 0.15) is 23.6 Å². The highest BCUT2D eigenvalue weighted by molar-refractivity contribution is 5.52. The molecule has 0 bridgehead atoms. The number of pyridine rings is 1. The van der Waals surface area contributed by atoms with Crippen molar-refractivity contribution in [3.63, 3.8) is 0 Å². The van der Waals surface area contributed by atoms with E-state index in [2.05, 4.69) is 47.1 Å². The van der Waals surface area contributed by atoms with Crippen molar-refractivity contribution >= 4 is 6.08 Å². The van der Waals surface area contributed by atoms with Crippen molar-refractivity contribution in [3.05, 3.63) is 75.2 Å². The minimum absolute atomic E-state index is 0.0573. The van der Waals surface area contributed by atoms with E-state index in [1.807, 2.05) is 12.1 Å². The molecule has 1 aliphatic rings. The number of fused-ring (bicyclic) bond motifs is 1.